The van der Waals surface area contributed by atoms with Gasteiger partial charge in [0.05, 0.1) is 20.5 Å². The Bertz CT molecular complexity index is 488. The molecule has 3 nitrogen and oxygen atoms in total. The van der Waals surface area contributed by atoms with E-state index in [9.17, 15) is 10.1 Å². The fraction of sp³-hybridized carbons (Fsp3) is 0.800. The maximum Gasteiger partial charge on any atom is 0.303 e. The zero-order valence-corrected chi connectivity index (χ0v) is 18.7. The van der Waals surface area contributed by atoms with Crippen molar-refractivity contribution < 1.29 is 9.90 Å². The van der Waals surface area contributed by atoms with E-state index >= 15 is 0 Å². The van der Waals surface area contributed by atoms with Crippen LogP contribution in [-0.4, -0.2) is 25.9 Å². The Kier molecular flexibility index (Phi) is 15.2. The molecule has 148 valence electrons. The van der Waals surface area contributed by atoms with Gasteiger partial charge in [0.1, 0.15) is 0 Å². The molecule has 0 saturated carbocycles. The van der Waals surface area contributed by atoms with Gasteiger partial charge >= 0.3 is 5.97 Å². The van der Waals surface area contributed by atoms with Gasteiger partial charge in [-0.15, -0.1) is 11.8 Å². The third-order valence-electron chi connectivity index (χ3n) is 4.50. The van der Waals surface area contributed by atoms with Crippen molar-refractivity contribution in [3.8, 4) is 6.07 Å². The lowest BCUT2D eigenvalue weighted by molar-refractivity contribution is -0.137. The predicted molar refractivity (Wildman–Crippen MR) is 120 cm³/mol. The monoisotopic (exact) mass is 415 g/mol. The molecule has 0 fully saturated rings. The lowest BCUT2D eigenvalue weighted by Gasteiger charge is -2.22. The van der Waals surface area contributed by atoms with Crippen LogP contribution in [0.25, 0.3) is 0 Å². The van der Waals surface area contributed by atoms with E-state index in [4.69, 9.17) is 29.5 Å². The van der Waals surface area contributed by atoms with Crippen molar-refractivity contribution in [2.75, 3.05) is 5.75 Å². The van der Waals surface area contributed by atoms with Gasteiger partial charge in [-0.2, -0.15) is 5.26 Å². The Balaban J connectivity index is 3.85. The number of carbonyl (C=O) groups is 1. The SMILES string of the molecule is CCCCCCCCCCCCSC(=S)C(=S)C(C)(C#N)CCC(=O)O. The number of rotatable bonds is 16. The van der Waals surface area contributed by atoms with E-state index in [2.05, 4.69) is 13.0 Å². The first-order chi connectivity index (χ1) is 12.4. The minimum absolute atomic E-state index is 0.0735. The summed E-state index contributed by atoms with van der Waals surface area (Å²) in [6, 6.07) is 2.15. The molecule has 0 aromatic heterocycles. The first-order valence-corrected chi connectivity index (χ1v) is 11.5. The summed E-state index contributed by atoms with van der Waals surface area (Å²) < 4.78 is 0.574. The molecule has 0 aliphatic rings. The summed E-state index contributed by atoms with van der Waals surface area (Å²) in [5.74, 6) is -0.00571. The molecule has 0 heterocycles. The molecule has 1 unspecified atom stereocenters. The molecule has 0 spiro atoms. The van der Waals surface area contributed by atoms with E-state index in [1.165, 1.54) is 69.5 Å². The number of aliphatic carboxylic acids is 1. The van der Waals surface area contributed by atoms with Crippen LogP contribution in [0, 0.1) is 16.7 Å². The zero-order chi connectivity index (χ0) is 19.8. The predicted octanol–water partition coefficient (Wildman–Crippen LogP) is 6.73. The van der Waals surface area contributed by atoms with Gasteiger partial charge in [-0.25, -0.2) is 0 Å². The Hall–Kier alpha value is -0.510. The van der Waals surface area contributed by atoms with Crippen LogP contribution in [0.5, 0.6) is 0 Å². The summed E-state index contributed by atoms with van der Waals surface area (Å²) in [5.41, 5.74) is -0.963. The summed E-state index contributed by atoms with van der Waals surface area (Å²) in [7, 11) is 0. The van der Waals surface area contributed by atoms with Crippen molar-refractivity contribution in [1.29, 1.82) is 5.26 Å². The first-order valence-electron chi connectivity index (χ1n) is 9.72. The van der Waals surface area contributed by atoms with Gasteiger partial charge in [-0.05, 0) is 25.5 Å². The number of carboxylic acids is 1. The van der Waals surface area contributed by atoms with Crippen molar-refractivity contribution in [3.05, 3.63) is 0 Å². The maximum atomic E-state index is 10.7. The number of carboxylic acid groups (broad SMARTS) is 1. The van der Waals surface area contributed by atoms with E-state index in [0.717, 1.165) is 12.2 Å². The van der Waals surface area contributed by atoms with Gasteiger partial charge in [0.2, 0.25) is 0 Å². The summed E-state index contributed by atoms with van der Waals surface area (Å²) in [5, 5.41) is 18.2. The number of nitrogens with zero attached hydrogens (tertiary/aromatic N) is 1. The summed E-state index contributed by atoms with van der Waals surface area (Å²) >= 11 is 12.3. The summed E-state index contributed by atoms with van der Waals surface area (Å²) in [6.45, 7) is 3.93. The molecule has 6 heteroatoms. The quantitative estimate of drug-likeness (QED) is 0.223. The minimum atomic E-state index is -0.963. The highest BCUT2D eigenvalue weighted by Crippen LogP contribution is 2.29. The smallest absolute Gasteiger partial charge is 0.303 e. The van der Waals surface area contributed by atoms with Gasteiger partial charge in [0.25, 0.3) is 0 Å². The lowest BCUT2D eigenvalue weighted by Crippen LogP contribution is -2.29. The molecule has 0 rings (SSSR count). The summed E-state index contributed by atoms with van der Waals surface area (Å²) in [6.07, 6.45) is 13.1. The van der Waals surface area contributed by atoms with E-state index in [0.29, 0.717) is 9.06 Å². The molecule has 0 bridgehead atoms. The molecule has 0 radical (unpaired) electrons. The number of thioether (sulfide) groups is 1. The standard InChI is InChI=1S/C20H33NO2S3/c1-3-4-5-6-7-8-9-10-11-12-15-26-19(25)18(24)20(2,16-21)14-13-17(22)23/h3-15H2,1-2H3,(H,22,23). The van der Waals surface area contributed by atoms with Gasteiger partial charge in [-0.3, -0.25) is 4.79 Å². The van der Waals surface area contributed by atoms with Crippen LogP contribution >= 0.6 is 36.2 Å². The fourth-order valence-electron chi connectivity index (χ4n) is 2.62. The molecule has 1 N–H and O–H groups in total. The number of nitriles is 1. The zero-order valence-electron chi connectivity index (χ0n) is 16.2. The lowest BCUT2D eigenvalue weighted by atomic mass is 9.84. The van der Waals surface area contributed by atoms with Crippen molar-refractivity contribution in [2.45, 2.75) is 90.9 Å². The Morgan fingerprint density at radius 1 is 1.04 bits per heavy atom. The molecular weight excluding hydrogens is 382 g/mol. The molecular formula is C20H33NO2S3. The molecule has 0 amide bonds. The Morgan fingerprint density at radius 2 is 1.54 bits per heavy atom. The van der Waals surface area contributed by atoms with Crippen LogP contribution in [0.1, 0.15) is 90.9 Å². The molecule has 0 aliphatic carbocycles. The van der Waals surface area contributed by atoms with Crippen molar-refractivity contribution in [1.82, 2.24) is 0 Å². The highest BCUT2D eigenvalue weighted by molar-refractivity contribution is 8.26. The minimum Gasteiger partial charge on any atom is -0.481 e. The average molecular weight is 416 g/mol. The van der Waals surface area contributed by atoms with Gasteiger partial charge < -0.3 is 5.11 Å². The van der Waals surface area contributed by atoms with Crippen molar-refractivity contribution in [2.24, 2.45) is 5.41 Å². The van der Waals surface area contributed by atoms with Crippen molar-refractivity contribution >= 4 is 51.2 Å². The van der Waals surface area contributed by atoms with Crippen LogP contribution in [0.4, 0.5) is 0 Å². The third-order valence-corrected chi connectivity index (χ3v) is 6.93. The number of unbranched alkanes of at least 4 members (excludes halogenated alkanes) is 9. The summed E-state index contributed by atoms with van der Waals surface area (Å²) in [4.78, 5) is 11.2. The van der Waals surface area contributed by atoms with Gasteiger partial charge in [0, 0.05) is 6.42 Å². The second-order valence-corrected chi connectivity index (χ2v) is 9.16. The highest BCUT2D eigenvalue weighted by Gasteiger charge is 2.32. The first kappa shape index (κ1) is 25.5. The van der Waals surface area contributed by atoms with E-state index < -0.39 is 11.4 Å². The fourth-order valence-corrected chi connectivity index (χ4v) is 4.31. The van der Waals surface area contributed by atoms with Crippen molar-refractivity contribution in [3.63, 3.8) is 0 Å². The Labute approximate surface area is 174 Å². The topological polar surface area (TPSA) is 61.1 Å². The Morgan fingerprint density at radius 3 is 2.00 bits per heavy atom. The highest BCUT2D eigenvalue weighted by atomic mass is 32.2. The van der Waals surface area contributed by atoms with E-state index in [-0.39, 0.29) is 12.8 Å². The van der Waals surface area contributed by atoms with E-state index in [1.54, 1.807) is 6.92 Å². The number of thiocarbonyl (C=S) groups is 2. The van der Waals surface area contributed by atoms with Crippen LogP contribution in [0.15, 0.2) is 0 Å². The maximum absolute atomic E-state index is 10.7. The molecule has 0 saturated heterocycles. The van der Waals surface area contributed by atoms with Gasteiger partial charge in [-0.1, -0.05) is 89.1 Å². The average Bonchev–Trinajstić information content (AvgIpc) is 2.63. The second kappa shape index (κ2) is 15.5. The van der Waals surface area contributed by atoms with Crippen LogP contribution in [-0.2, 0) is 4.79 Å². The molecule has 0 aromatic rings. The molecule has 26 heavy (non-hydrogen) atoms. The van der Waals surface area contributed by atoms with Crippen LogP contribution in [0.2, 0.25) is 0 Å². The normalized spacial score (nSPS) is 13.0. The molecule has 0 aliphatic heterocycles. The molecule has 0 aromatic carbocycles. The van der Waals surface area contributed by atoms with Crippen LogP contribution < -0.4 is 0 Å². The largest absolute Gasteiger partial charge is 0.481 e. The van der Waals surface area contributed by atoms with E-state index in [1.807, 2.05) is 0 Å². The number of hydrogen-bond donors (Lipinski definition) is 1. The molecule has 1 atom stereocenters. The third kappa shape index (κ3) is 12.0. The second-order valence-electron chi connectivity index (χ2n) is 6.98. The van der Waals surface area contributed by atoms with Crippen LogP contribution in [0.3, 0.4) is 0 Å². The van der Waals surface area contributed by atoms with Gasteiger partial charge in [0.15, 0.2) is 0 Å². The number of hydrogen-bond acceptors (Lipinski definition) is 5.